The van der Waals surface area contributed by atoms with Crippen LogP contribution in [0.4, 0.5) is 10.1 Å². The summed E-state index contributed by atoms with van der Waals surface area (Å²) in [5.74, 6) is -0.961. The number of rotatable bonds is 6. The predicted octanol–water partition coefficient (Wildman–Crippen LogP) is 0.512. The van der Waals surface area contributed by atoms with Crippen molar-refractivity contribution in [1.29, 1.82) is 0 Å². The number of carbonyl (C=O) groups excluding carboxylic acids is 2. The topological polar surface area (TPSA) is 112 Å². The van der Waals surface area contributed by atoms with Gasteiger partial charge in [-0.1, -0.05) is 0 Å². The molecule has 24 heavy (non-hydrogen) atoms. The smallest absolute Gasteiger partial charge is 0.295 e. The Hall–Kier alpha value is -2.52. The van der Waals surface area contributed by atoms with Crippen LogP contribution in [-0.4, -0.2) is 44.8 Å². The Bertz CT molecular complexity index is 667. The second-order valence-electron chi connectivity index (χ2n) is 5.35. The van der Waals surface area contributed by atoms with E-state index in [9.17, 15) is 14.0 Å². The zero-order chi connectivity index (χ0) is 17.7. The van der Waals surface area contributed by atoms with E-state index >= 15 is 0 Å². The molecule has 2 atom stereocenters. The summed E-state index contributed by atoms with van der Waals surface area (Å²) in [4.78, 5) is 26.6. The van der Waals surface area contributed by atoms with Crippen molar-refractivity contribution in [2.75, 3.05) is 25.6 Å². The maximum Gasteiger partial charge on any atom is 0.295 e. The summed E-state index contributed by atoms with van der Waals surface area (Å²) in [6, 6.07) is 3.98. The molecule has 2 rings (SSSR count). The summed E-state index contributed by atoms with van der Waals surface area (Å²) in [5, 5.41) is 2.48. The number of nitrogens with one attached hydrogen (secondary N) is 1. The molecule has 0 bridgehead atoms. The van der Waals surface area contributed by atoms with Crippen LogP contribution in [0.25, 0.3) is 0 Å². The molecule has 1 heterocycles. The molecule has 0 spiro atoms. The van der Waals surface area contributed by atoms with Crippen LogP contribution in [0, 0.1) is 5.82 Å². The van der Waals surface area contributed by atoms with Crippen molar-refractivity contribution in [3.8, 4) is 0 Å². The molecule has 1 amide bonds. The normalized spacial score (nSPS) is 21.5. The van der Waals surface area contributed by atoms with E-state index in [2.05, 4.69) is 15.0 Å². The number of amidine groups is 1. The molecule has 3 N–H and O–H groups in total. The fraction of sp³-hybridized carbons (Fsp3) is 0.400. The number of halogens is 1. The molecule has 0 fully saturated rings. The molecular weight excluding hydrogens is 321 g/mol. The van der Waals surface area contributed by atoms with Crippen molar-refractivity contribution >= 4 is 23.9 Å². The lowest BCUT2D eigenvalue weighted by atomic mass is 9.92. The van der Waals surface area contributed by atoms with Crippen LogP contribution >= 0.6 is 0 Å². The summed E-state index contributed by atoms with van der Waals surface area (Å²) in [5.41, 5.74) is 5.17. The average molecular weight is 339 g/mol. The second kappa shape index (κ2) is 7.37. The lowest BCUT2D eigenvalue weighted by Gasteiger charge is -2.30. The summed E-state index contributed by atoms with van der Waals surface area (Å²) < 4.78 is 28.8. The summed E-state index contributed by atoms with van der Waals surface area (Å²) in [6.07, 6.45) is -1.40. The highest BCUT2D eigenvalue weighted by atomic mass is 19.1. The number of ether oxygens (including phenoxy) is 3. The third-order valence-electron chi connectivity index (χ3n) is 3.44. The van der Waals surface area contributed by atoms with Gasteiger partial charge < -0.3 is 25.3 Å². The molecule has 0 saturated heterocycles. The van der Waals surface area contributed by atoms with E-state index in [1.54, 1.807) is 6.92 Å². The molecule has 0 saturated carbocycles. The molecule has 2 unspecified atom stereocenters. The van der Waals surface area contributed by atoms with Gasteiger partial charge in [-0.2, -0.15) is 0 Å². The molecule has 1 aliphatic heterocycles. The lowest BCUT2D eigenvalue weighted by Crippen LogP contribution is -2.38. The number of hydrogen-bond acceptors (Lipinski definition) is 7. The lowest BCUT2D eigenvalue weighted by molar-refractivity contribution is -0.168. The Balaban J connectivity index is 2.27. The first-order valence-corrected chi connectivity index (χ1v) is 7.04. The van der Waals surface area contributed by atoms with Crippen LogP contribution < -0.4 is 11.1 Å². The first-order chi connectivity index (χ1) is 11.4. The van der Waals surface area contributed by atoms with Gasteiger partial charge in [0, 0.05) is 18.4 Å². The monoisotopic (exact) mass is 339 g/mol. The molecule has 8 nitrogen and oxygen atoms in total. The SMILES string of the molecule is COC(OC=O)C(=O)Nc1ccc(F)c(C2(C)COCC(N)=N2)c1. The zero-order valence-electron chi connectivity index (χ0n) is 13.2. The fourth-order valence-corrected chi connectivity index (χ4v) is 2.37. The van der Waals surface area contributed by atoms with Gasteiger partial charge in [-0.15, -0.1) is 0 Å². The van der Waals surface area contributed by atoms with Crippen molar-refractivity contribution in [3.63, 3.8) is 0 Å². The average Bonchev–Trinajstić information content (AvgIpc) is 2.54. The molecule has 1 aliphatic rings. The van der Waals surface area contributed by atoms with Crippen LogP contribution in [0.1, 0.15) is 12.5 Å². The highest BCUT2D eigenvalue weighted by Crippen LogP contribution is 2.32. The van der Waals surface area contributed by atoms with Gasteiger partial charge in [0.05, 0.1) is 6.61 Å². The first-order valence-electron chi connectivity index (χ1n) is 7.04. The van der Waals surface area contributed by atoms with Gasteiger partial charge in [0.25, 0.3) is 18.7 Å². The van der Waals surface area contributed by atoms with Crippen LogP contribution in [0.5, 0.6) is 0 Å². The van der Waals surface area contributed by atoms with Gasteiger partial charge >= 0.3 is 0 Å². The number of methoxy groups -OCH3 is 1. The maximum atomic E-state index is 14.2. The molecule has 130 valence electrons. The minimum absolute atomic E-state index is 0.0989. The van der Waals surface area contributed by atoms with Gasteiger partial charge in [0.1, 0.15) is 23.8 Å². The van der Waals surface area contributed by atoms with Crippen LogP contribution in [-0.2, 0) is 29.3 Å². The number of hydrogen-bond donors (Lipinski definition) is 2. The number of aliphatic imine (C=N–C) groups is 1. The fourth-order valence-electron chi connectivity index (χ4n) is 2.37. The van der Waals surface area contributed by atoms with Crippen molar-refractivity contribution < 1.29 is 28.2 Å². The van der Waals surface area contributed by atoms with E-state index in [-0.39, 0.29) is 36.8 Å². The Morgan fingerprint density at radius 2 is 2.33 bits per heavy atom. The molecular formula is C15H18FN3O5. The maximum absolute atomic E-state index is 14.2. The van der Waals surface area contributed by atoms with Crippen molar-refractivity contribution in [2.24, 2.45) is 10.7 Å². The largest absolute Gasteiger partial charge is 0.428 e. The molecule has 0 aliphatic carbocycles. The summed E-state index contributed by atoms with van der Waals surface area (Å²) >= 11 is 0. The minimum Gasteiger partial charge on any atom is -0.428 e. The van der Waals surface area contributed by atoms with E-state index in [1.165, 1.54) is 25.3 Å². The Morgan fingerprint density at radius 3 is 2.96 bits per heavy atom. The van der Waals surface area contributed by atoms with Gasteiger partial charge in [0.2, 0.25) is 0 Å². The number of anilines is 1. The van der Waals surface area contributed by atoms with Crippen molar-refractivity contribution in [2.45, 2.75) is 18.8 Å². The Kier molecular flexibility index (Phi) is 5.47. The Labute approximate surface area is 137 Å². The highest BCUT2D eigenvalue weighted by Gasteiger charge is 2.33. The molecule has 1 aromatic rings. The number of nitrogens with zero attached hydrogens (tertiary/aromatic N) is 1. The van der Waals surface area contributed by atoms with Crippen molar-refractivity contribution in [1.82, 2.24) is 0 Å². The number of nitrogens with two attached hydrogens (primary N) is 1. The van der Waals surface area contributed by atoms with Crippen molar-refractivity contribution in [3.05, 3.63) is 29.6 Å². The van der Waals surface area contributed by atoms with Crippen LogP contribution in [0.2, 0.25) is 0 Å². The third-order valence-corrected chi connectivity index (χ3v) is 3.44. The highest BCUT2D eigenvalue weighted by molar-refractivity contribution is 5.93. The van der Waals surface area contributed by atoms with Gasteiger partial charge in [0.15, 0.2) is 0 Å². The molecule has 9 heteroatoms. The first kappa shape index (κ1) is 17.8. The van der Waals surface area contributed by atoms with Gasteiger partial charge in [-0.05, 0) is 25.1 Å². The van der Waals surface area contributed by atoms with E-state index in [0.717, 1.165) is 0 Å². The summed E-state index contributed by atoms with van der Waals surface area (Å²) in [6.45, 7) is 2.11. The summed E-state index contributed by atoms with van der Waals surface area (Å²) in [7, 11) is 1.21. The minimum atomic E-state index is -1.40. The molecule has 0 radical (unpaired) electrons. The quantitative estimate of drug-likeness (QED) is 0.577. The van der Waals surface area contributed by atoms with E-state index in [4.69, 9.17) is 15.2 Å². The standard InChI is InChI=1S/C15H18FN3O5/c1-15(7-23-6-12(17)19-15)10-5-9(3-4-11(10)16)18-13(21)14(22-2)24-8-20/h3-5,8,14H,6-7H2,1-2H3,(H2,17,19)(H,18,21). The number of benzene rings is 1. The number of amides is 1. The van der Waals surface area contributed by atoms with E-state index in [1.807, 2.05) is 0 Å². The van der Waals surface area contributed by atoms with E-state index in [0.29, 0.717) is 0 Å². The van der Waals surface area contributed by atoms with E-state index < -0.39 is 23.6 Å². The molecule has 1 aromatic carbocycles. The Morgan fingerprint density at radius 1 is 1.58 bits per heavy atom. The van der Waals surface area contributed by atoms with Gasteiger partial charge in [-0.25, -0.2) is 4.39 Å². The third kappa shape index (κ3) is 3.87. The zero-order valence-corrected chi connectivity index (χ0v) is 13.2. The van der Waals surface area contributed by atoms with Gasteiger partial charge in [-0.3, -0.25) is 14.6 Å². The van der Waals surface area contributed by atoms with Crippen LogP contribution in [0.15, 0.2) is 23.2 Å². The predicted molar refractivity (Wildman–Crippen MR) is 82.8 cm³/mol. The number of carbonyl (C=O) groups is 2. The second-order valence-corrected chi connectivity index (χ2v) is 5.35. The molecule has 0 aromatic heterocycles. The van der Waals surface area contributed by atoms with Crippen LogP contribution in [0.3, 0.4) is 0 Å².